The zero-order valence-corrected chi connectivity index (χ0v) is 19.0. The number of hydrogen-bond acceptors (Lipinski definition) is 7. The molecule has 1 aromatic carbocycles. The summed E-state index contributed by atoms with van der Waals surface area (Å²) in [6.45, 7) is 5.89. The molecule has 170 valence electrons. The number of methoxy groups -OCH3 is 2. The molecule has 0 aliphatic heterocycles. The van der Waals surface area contributed by atoms with Crippen molar-refractivity contribution < 1.29 is 28.5 Å². The fourth-order valence-electron chi connectivity index (χ4n) is 3.50. The third kappa shape index (κ3) is 6.22. The summed E-state index contributed by atoms with van der Waals surface area (Å²) in [5.41, 5.74) is 2.96. The molecule has 0 saturated carbocycles. The molecule has 0 aliphatic carbocycles. The SMILES string of the molecule is COC[C@@H](C)n1c(C)cc(C(=O)COC(=O)/C=C/c2ccc(OCC#N)c(OC)c2)c1C. The van der Waals surface area contributed by atoms with Crippen LogP contribution in [0.3, 0.4) is 0 Å². The zero-order chi connectivity index (χ0) is 23.7. The highest BCUT2D eigenvalue weighted by Crippen LogP contribution is 2.28. The lowest BCUT2D eigenvalue weighted by atomic mass is 10.1. The van der Waals surface area contributed by atoms with Crippen LogP contribution >= 0.6 is 0 Å². The van der Waals surface area contributed by atoms with Crippen LogP contribution in [0, 0.1) is 25.2 Å². The van der Waals surface area contributed by atoms with Gasteiger partial charge in [0.05, 0.1) is 19.8 Å². The number of aromatic nitrogens is 1. The first-order chi connectivity index (χ1) is 15.3. The number of carbonyl (C=O) groups is 2. The number of aryl methyl sites for hydroxylation is 1. The molecule has 1 aromatic heterocycles. The van der Waals surface area contributed by atoms with Crippen molar-refractivity contribution in [2.75, 3.05) is 34.0 Å². The molecule has 0 spiro atoms. The lowest BCUT2D eigenvalue weighted by Gasteiger charge is -2.17. The first kappa shape index (κ1) is 24.7. The summed E-state index contributed by atoms with van der Waals surface area (Å²) in [6.07, 6.45) is 2.78. The molecule has 0 aliphatic rings. The normalized spacial score (nSPS) is 11.8. The van der Waals surface area contributed by atoms with Gasteiger partial charge in [-0.3, -0.25) is 4.79 Å². The molecule has 0 unspecified atom stereocenters. The Morgan fingerprint density at radius 3 is 2.59 bits per heavy atom. The van der Waals surface area contributed by atoms with Crippen molar-refractivity contribution >= 4 is 17.8 Å². The van der Waals surface area contributed by atoms with Gasteiger partial charge in [0, 0.05) is 30.1 Å². The Hall–Kier alpha value is -3.57. The van der Waals surface area contributed by atoms with Crippen molar-refractivity contribution in [3.63, 3.8) is 0 Å². The van der Waals surface area contributed by atoms with Crippen LogP contribution in [-0.4, -0.2) is 50.4 Å². The Balaban J connectivity index is 2.00. The van der Waals surface area contributed by atoms with Crippen LogP contribution in [0.5, 0.6) is 11.5 Å². The third-order valence-electron chi connectivity index (χ3n) is 4.87. The number of esters is 1. The Morgan fingerprint density at radius 2 is 1.94 bits per heavy atom. The van der Waals surface area contributed by atoms with E-state index in [1.165, 1.54) is 13.2 Å². The van der Waals surface area contributed by atoms with E-state index in [-0.39, 0.29) is 25.0 Å². The average molecular weight is 440 g/mol. The summed E-state index contributed by atoms with van der Waals surface area (Å²) in [4.78, 5) is 24.7. The molecule has 8 nitrogen and oxygen atoms in total. The number of nitriles is 1. The standard InChI is InChI=1S/C24H28N2O6/c1-16-12-20(18(3)26(16)17(2)14-29-4)21(27)15-32-24(28)9-7-19-6-8-22(31-11-10-25)23(13-19)30-5/h6-9,12-13,17H,11,14-15H2,1-5H3/b9-7+/t17-/m1/s1. The lowest BCUT2D eigenvalue weighted by Crippen LogP contribution is -2.16. The van der Waals surface area contributed by atoms with Gasteiger partial charge in [-0.25, -0.2) is 4.79 Å². The van der Waals surface area contributed by atoms with Crippen molar-refractivity contribution in [1.82, 2.24) is 4.57 Å². The Kier molecular flexibility index (Phi) is 9.05. The highest BCUT2D eigenvalue weighted by Gasteiger charge is 2.19. The molecule has 2 aromatic rings. The largest absolute Gasteiger partial charge is 0.493 e. The summed E-state index contributed by atoms with van der Waals surface area (Å²) < 4.78 is 22.9. The average Bonchev–Trinajstić information content (AvgIpc) is 3.08. The van der Waals surface area contributed by atoms with Crippen LogP contribution in [0.15, 0.2) is 30.3 Å². The molecule has 1 atom stereocenters. The van der Waals surface area contributed by atoms with Gasteiger partial charge in [0.2, 0.25) is 5.78 Å². The molecular formula is C24H28N2O6. The predicted molar refractivity (Wildman–Crippen MR) is 119 cm³/mol. The molecule has 1 heterocycles. The summed E-state index contributed by atoms with van der Waals surface area (Å²) >= 11 is 0. The number of Topliss-reactive ketones (excluding diaryl/α,β-unsaturated/α-hetero) is 1. The van der Waals surface area contributed by atoms with E-state index in [4.69, 9.17) is 24.2 Å². The molecule has 0 amide bonds. The molecule has 0 saturated heterocycles. The van der Waals surface area contributed by atoms with Gasteiger partial charge in [-0.1, -0.05) is 6.07 Å². The fourth-order valence-corrected chi connectivity index (χ4v) is 3.50. The first-order valence-corrected chi connectivity index (χ1v) is 10.1. The summed E-state index contributed by atoms with van der Waals surface area (Å²) in [7, 11) is 3.12. The summed E-state index contributed by atoms with van der Waals surface area (Å²) in [5, 5.41) is 8.62. The third-order valence-corrected chi connectivity index (χ3v) is 4.87. The van der Waals surface area contributed by atoms with Crippen LogP contribution in [0.1, 0.15) is 40.3 Å². The van der Waals surface area contributed by atoms with Crippen molar-refractivity contribution in [2.45, 2.75) is 26.8 Å². The van der Waals surface area contributed by atoms with Gasteiger partial charge in [-0.2, -0.15) is 5.26 Å². The van der Waals surface area contributed by atoms with Crippen molar-refractivity contribution in [1.29, 1.82) is 5.26 Å². The van der Waals surface area contributed by atoms with Gasteiger partial charge in [0.15, 0.2) is 24.7 Å². The molecule has 0 bridgehead atoms. The summed E-state index contributed by atoms with van der Waals surface area (Å²) in [5.74, 6) is -0.0409. The van der Waals surface area contributed by atoms with E-state index in [0.717, 1.165) is 11.4 Å². The second-order valence-corrected chi connectivity index (χ2v) is 7.18. The van der Waals surface area contributed by atoms with Crippen LogP contribution in [-0.2, 0) is 14.3 Å². The topological polar surface area (TPSA) is 99.8 Å². The second kappa shape index (κ2) is 11.7. The number of carbonyl (C=O) groups excluding carboxylic acids is 2. The smallest absolute Gasteiger partial charge is 0.331 e. The van der Waals surface area contributed by atoms with Gasteiger partial charge in [0.25, 0.3) is 0 Å². The maximum atomic E-state index is 12.6. The summed E-state index contributed by atoms with van der Waals surface area (Å²) in [6, 6.07) is 8.79. The zero-order valence-electron chi connectivity index (χ0n) is 19.0. The van der Waals surface area contributed by atoms with Crippen molar-refractivity contribution in [2.24, 2.45) is 0 Å². The molecular weight excluding hydrogens is 412 g/mol. The van der Waals surface area contributed by atoms with Gasteiger partial charge in [-0.15, -0.1) is 0 Å². The lowest BCUT2D eigenvalue weighted by molar-refractivity contribution is -0.136. The van der Waals surface area contributed by atoms with E-state index in [9.17, 15) is 9.59 Å². The van der Waals surface area contributed by atoms with Crippen LogP contribution < -0.4 is 9.47 Å². The minimum absolute atomic E-state index is 0.0840. The van der Waals surface area contributed by atoms with Crippen molar-refractivity contribution in [3.05, 3.63) is 52.9 Å². The maximum absolute atomic E-state index is 12.6. The van der Waals surface area contributed by atoms with E-state index < -0.39 is 5.97 Å². The Bertz CT molecular complexity index is 1030. The van der Waals surface area contributed by atoms with Gasteiger partial charge in [-0.05, 0) is 50.6 Å². The van der Waals surface area contributed by atoms with E-state index in [1.54, 1.807) is 37.5 Å². The number of ether oxygens (including phenoxy) is 4. The number of ketones is 1. The maximum Gasteiger partial charge on any atom is 0.331 e. The predicted octanol–water partition coefficient (Wildman–Crippen LogP) is 3.66. The van der Waals surface area contributed by atoms with E-state index in [1.807, 2.05) is 31.4 Å². The van der Waals surface area contributed by atoms with E-state index in [2.05, 4.69) is 0 Å². The Labute approximate surface area is 187 Å². The second-order valence-electron chi connectivity index (χ2n) is 7.18. The number of benzene rings is 1. The molecule has 0 radical (unpaired) electrons. The minimum Gasteiger partial charge on any atom is -0.493 e. The van der Waals surface area contributed by atoms with Crippen molar-refractivity contribution in [3.8, 4) is 17.6 Å². The van der Waals surface area contributed by atoms with Gasteiger partial charge in [0.1, 0.15) is 6.07 Å². The van der Waals surface area contributed by atoms with Gasteiger partial charge < -0.3 is 23.5 Å². The molecule has 2 rings (SSSR count). The quantitative estimate of drug-likeness (QED) is 0.299. The number of hydrogen-bond donors (Lipinski definition) is 0. The molecule has 0 N–H and O–H groups in total. The minimum atomic E-state index is -0.635. The molecule has 8 heteroatoms. The highest BCUT2D eigenvalue weighted by atomic mass is 16.5. The van der Waals surface area contributed by atoms with Gasteiger partial charge >= 0.3 is 5.97 Å². The molecule has 32 heavy (non-hydrogen) atoms. The highest BCUT2D eigenvalue weighted by molar-refractivity contribution is 6.00. The number of nitrogens with zero attached hydrogens (tertiary/aromatic N) is 2. The Morgan fingerprint density at radius 1 is 1.19 bits per heavy atom. The van der Waals surface area contributed by atoms with Crippen LogP contribution in [0.25, 0.3) is 6.08 Å². The first-order valence-electron chi connectivity index (χ1n) is 10.1. The number of rotatable bonds is 11. The fraction of sp³-hybridized carbons (Fsp3) is 0.375. The van der Waals surface area contributed by atoms with E-state index >= 15 is 0 Å². The molecule has 0 fully saturated rings. The van der Waals surface area contributed by atoms with Crippen LogP contribution in [0.4, 0.5) is 0 Å². The van der Waals surface area contributed by atoms with E-state index in [0.29, 0.717) is 29.2 Å². The van der Waals surface area contributed by atoms with Crippen LogP contribution in [0.2, 0.25) is 0 Å². The monoisotopic (exact) mass is 440 g/mol.